The molecule has 1 fully saturated rings. The number of amides is 1. The number of nitriles is 1. The van der Waals surface area contributed by atoms with Gasteiger partial charge in [-0.3, -0.25) is 14.5 Å². The standard InChI is InChI=1S/C29H42F2N8O3Si/c1-29(2,3)42-28(40)38-12-11-36(18-24(38)26(30)31)17-22(7-9-32)39-16-21(15-35-39)25-23-8-10-37(27(23)34-19-33-25)20-41-13-14-43(4,5)6/h8,10,15-16,19,22,24,26H,7,11-14,17-18,20H2,1-6H3. The molecular weight excluding hydrogens is 574 g/mol. The summed E-state index contributed by atoms with van der Waals surface area (Å²) in [7, 11) is -1.18. The fraction of sp³-hybridized carbons (Fsp3) is 0.621. The average molecular weight is 617 g/mol. The molecule has 0 radical (unpaired) electrons. The first-order valence-corrected chi connectivity index (χ1v) is 18.3. The van der Waals surface area contributed by atoms with Crippen LogP contribution in [0, 0.1) is 11.3 Å². The summed E-state index contributed by atoms with van der Waals surface area (Å²) in [6.07, 6.45) is 3.61. The lowest BCUT2D eigenvalue weighted by molar-refractivity contribution is -0.0441. The number of nitrogens with zero attached hydrogens (tertiary/aromatic N) is 8. The quantitative estimate of drug-likeness (QED) is 0.212. The van der Waals surface area contributed by atoms with E-state index in [2.05, 4.69) is 40.8 Å². The number of piperazine rings is 1. The van der Waals surface area contributed by atoms with Crippen LogP contribution in [0.15, 0.2) is 31.0 Å². The lowest BCUT2D eigenvalue weighted by Crippen LogP contribution is -2.59. The van der Waals surface area contributed by atoms with Gasteiger partial charge in [-0.2, -0.15) is 10.4 Å². The van der Waals surface area contributed by atoms with Gasteiger partial charge in [0.1, 0.15) is 30.3 Å². The van der Waals surface area contributed by atoms with E-state index in [1.165, 1.54) is 6.33 Å². The number of hydrogen-bond acceptors (Lipinski definition) is 8. The molecule has 234 valence electrons. The van der Waals surface area contributed by atoms with Gasteiger partial charge in [0.15, 0.2) is 0 Å². The smallest absolute Gasteiger partial charge is 0.410 e. The number of halogens is 2. The third kappa shape index (κ3) is 8.58. The maximum atomic E-state index is 14.0. The summed E-state index contributed by atoms with van der Waals surface area (Å²) in [6.45, 7) is 13.9. The summed E-state index contributed by atoms with van der Waals surface area (Å²) in [5.41, 5.74) is 1.43. The van der Waals surface area contributed by atoms with Gasteiger partial charge in [0.05, 0.1) is 30.4 Å². The third-order valence-electron chi connectivity index (χ3n) is 7.25. The molecule has 0 aromatic carbocycles. The predicted octanol–water partition coefficient (Wildman–Crippen LogP) is 5.25. The number of aromatic nitrogens is 5. The van der Waals surface area contributed by atoms with Gasteiger partial charge in [0, 0.05) is 64.2 Å². The summed E-state index contributed by atoms with van der Waals surface area (Å²) in [4.78, 5) is 24.5. The van der Waals surface area contributed by atoms with Crippen LogP contribution in [-0.2, 0) is 16.2 Å². The minimum Gasteiger partial charge on any atom is -0.444 e. The fourth-order valence-corrected chi connectivity index (χ4v) is 5.74. The maximum absolute atomic E-state index is 14.0. The number of ether oxygens (including phenoxy) is 2. The van der Waals surface area contributed by atoms with E-state index in [1.54, 1.807) is 31.6 Å². The Hall–Kier alpha value is -3.41. The number of carbonyl (C=O) groups excluding carboxylic acids is 1. The van der Waals surface area contributed by atoms with E-state index in [-0.39, 0.29) is 25.6 Å². The molecule has 0 saturated carbocycles. The first-order chi connectivity index (χ1) is 20.3. The Morgan fingerprint density at radius 3 is 2.67 bits per heavy atom. The molecule has 1 aliphatic heterocycles. The summed E-state index contributed by atoms with van der Waals surface area (Å²) >= 11 is 0. The number of fused-ring (bicyclic) bond motifs is 1. The molecule has 0 spiro atoms. The van der Waals surface area contributed by atoms with Crippen LogP contribution in [0.4, 0.5) is 13.6 Å². The second-order valence-electron chi connectivity index (χ2n) is 13.2. The minimum atomic E-state index is -2.74. The van der Waals surface area contributed by atoms with Crippen molar-refractivity contribution in [2.45, 2.75) is 83.7 Å². The van der Waals surface area contributed by atoms with Gasteiger partial charge in [0.2, 0.25) is 0 Å². The molecule has 0 N–H and O–H groups in total. The molecular formula is C29H42F2N8O3Si. The molecule has 4 rings (SSSR count). The van der Waals surface area contributed by atoms with Crippen molar-refractivity contribution in [1.82, 2.24) is 34.1 Å². The van der Waals surface area contributed by atoms with Crippen LogP contribution in [0.5, 0.6) is 0 Å². The van der Waals surface area contributed by atoms with E-state index in [0.717, 1.165) is 27.5 Å². The average Bonchev–Trinajstić information content (AvgIpc) is 3.57. The molecule has 3 aromatic heterocycles. The zero-order chi connectivity index (χ0) is 31.4. The first kappa shape index (κ1) is 32.5. The zero-order valence-electron chi connectivity index (χ0n) is 25.8. The predicted molar refractivity (Wildman–Crippen MR) is 161 cm³/mol. The van der Waals surface area contributed by atoms with Crippen LogP contribution in [-0.4, -0.2) is 99.1 Å². The van der Waals surface area contributed by atoms with Crippen LogP contribution in [0.2, 0.25) is 25.7 Å². The van der Waals surface area contributed by atoms with Gasteiger partial charge < -0.3 is 14.0 Å². The van der Waals surface area contributed by atoms with Gasteiger partial charge in [-0.05, 0) is 32.9 Å². The van der Waals surface area contributed by atoms with Crippen LogP contribution >= 0.6 is 0 Å². The van der Waals surface area contributed by atoms with Crippen molar-refractivity contribution >= 4 is 25.2 Å². The number of rotatable bonds is 11. The molecule has 2 atom stereocenters. The highest BCUT2D eigenvalue weighted by Gasteiger charge is 2.39. The Bertz CT molecular complexity index is 1430. The largest absolute Gasteiger partial charge is 0.444 e. The molecule has 4 heterocycles. The molecule has 0 bridgehead atoms. The van der Waals surface area contributed by atoms with E-state index < -0.39 is 32.2 Å². The summed E-state index contributed by atoms with van der Waals surface area (Å²) in [6, 6.07) is 3.54. The summed E-state index contributed by atoms with van der Waals surface area (Å²) in [5.74, 6) is 0. The Morgan fingerprint density at radius 1 is 1.23 bits per heavy atom. The van der Waals surface area contributed by atoms with Crippen molar-refractivity contribution < 1.29 is 23.0 Å². The summed E-state index contributed by atoms with van der Waals surface area (Å²) in [5, 5.41) is 14.9. The van der Waals surface area contributed by atoms with Crippen LogP contribution in [0.3, 0.4) is 0 Å². The van der Waals surface area contributed by atoms with Crippen molar-refractivity contribution in [3.63, 3.8) is 0 Å². The molecule has 43 heavy (non-hydrogen) atoms. The molecule has 14 heteroatoms. The van der Waals surface area contributed by atoms with Gasteiger partial charge in [-0.15, -0.1) is 0 Å². The molecule has 2 unspecified atom stereocenters. The van der Waals surface area contributed by atoms with Gasteiger partial charge >= 0.3 is 6.09 Å². The van der Waals surface area contributed by atoms with Gasteiger partial charge in [0.25, 0.3) is 6.43 Å². The highest BCUT2D eigenvalue weighted by molar-refractivity contribution is 6.76. The Kier molecular flexibility index (Phi) is 10.2. The Labute approximate surface area is 252 Å². The highest BCUT2D eigenvalue weighted by Crippen LogP contribution is 2.28. The second-order valence-corrected chi connectivity index (χ2v) is 18.8. The highest BCUT2D eigenvalue weighted by atomic mass is 28.3. The topological polar surface area (TPSA) is 114 Å². The van der Waals surface area contributed by atoms with E-state index in [1.807, 2.05) is 27.9 Å². The minimum absolute atomic E-state index is 0.0347. The zero-order valence-corrected chi connectivity index (χ0v) is 26.8. The van der Waals surface area contributed by atoms with Crippen molar-refractivity contribution in [3.05, 3.63) is 31.0 Å². The number of carbonyl (C=O) groups is 1. The van der Waals surface area contributed by atoms with E-state index >= 15 is 0 Å². The van der Waals surface area contributed by atoms with Crippen molar-refractivity contribution in [3.8, 4) is 17.3 Å². The number of hydrogen-bond donors (Lipinski definition) is 0. The van der Waals surface area contributed by atoms with E-state index in [9.17, 15) is 18.8 Å². The third-order valence-corrected chi connectivity index (χ3v) is 8.95. The molecule has 3 aromatic rings. The number of alkyl halides is 2. The molecule has 1 saturated heterocycles. The maximum Gasteiger partial charge on any atom is 0.410 e. The normalized spacial score (nSPS) is 17.4. The molecule has 11 nitrogen and oxygen atoms in total. The fourth-order valence-electron chi connectivity index (χ4n) is 4.98. The molecule has 1 aliphatic rings. The first-order valence-electron chi connectivity index (χ1n) is 14.5. The van der Waals surface area contributed by atoms with Crippen molar-refractivity contribution in [2.75, 3.05) is 32.8 Å². The van der Waals surface area contributed by atoms with Crippen molar-refractivity contribution in [1.29, 1.82) is 5.26 Å². The van der Waals surface area contributed by atoms with Gasteiger partial charge in [-0.25, -0.2) is 23.5 Å². The lowest BCUT2D eigenvalue weighted by atomic mass is 10.1. The van der Waals surface area contributed by atoms with Crippen molar-refractivity contribution in [2.24, 2.45) is 0 Å². The molecule has 0 aliphatic carbocycles. The Morgan fingerprint density at radius 2 is 2.00 bits per heavy atom. The monoisotopic (exact) mass is 616 g/mol. The second kappa shape index (κ2) is 13.5. The SMILES string of the molecule is CC(C)(C)OC(=O)N1CCN(CC(CC#N)n2cc(-c3ncnc4c3ccn4COCC[Si](C)(C)C)cn2)CC1C(F)F. The van der Waals surface area contributed by atoms with Crippen LogP contribution in [0.1, 0.15) is 33.2 Å². The van der Waals surface area contributed by atoms with Gasteiger partial charge in [-0.1, -0.05) is 19.6 Å². The van der Waals surface area contributed by atoms with Crippen LogP contribution in [0.25, 0.3) is 22.3 Å². The summed E-state index contributed by atoms with van der Waals surface area (Å²) < 4.78 is 43.0. The van der Waals surface area contributed by atoms with Crippen LogP contribution < -0.4 is 0 Å². The lowest BCUT2D eigenvalue weighted by Gasteiger charge is -2.42. The molecule has 1 amide bonds. The van der Waals surface area contributed by atoms with E-state index in [0.29, 0.717) is 32.1 Å². The Balaban J connectivity index is 1.46. The van der Waals surface area contributed by atoms with E-state index in [4.69, 9.17) is 9.47 Å².